The van der Waals surface area contributed by atoms with E-state index in [0.29, 0.717) is 6.04 Å². The van der Waals surface area contributed by atoms with Crippen molar-refractivity contribution in [2.45, 2.75) is 64.8 Å². The summed E-state index contributed by atoms with van der Waals surface area (Å²) in [6, 6.07) is 0.507. The number of hydrogen-bond donors (Lipinski definition) is 1. The predicted molar refractivity (Wildman–Crippen MR) is 72.6 cm³/mol. The van der Waals surface area contributed by atoms with Crippen molar-refractivity contribution in [3.05, 3.63) is 0 Å². The zero-order valence-electron chi connectivity index (χ0n) is 11.6. The standard InChI is InChI=1S/C16H29N/c1-10(2)3-4-15(17)16-13-6-11-5-12(8-13)9-14(16)7-11/h10-16H,3-9,17H2,1-2H3. The summed E-state index contributed by atoms with van der Waals surface area (Å²) in [6.07, 6.45) is 10.2. The Bertz CT molecular complexity index is 243. The third-order valence-electron chi connectivity index (χ3n) is 5.87. The summed E-state index contributed by atoms with van der Waals surface area (Å²) >= 11 is 0. The van der Waals surface area contributed by atoms with Gasteiger partial charge in [0.15, 0.2) is 0 Å². The molecule has 0 aromatic heterocycles. The largest absolute Gasteiger partial charge is 0.327 e. The fourth-order valence-corrected chi connectivity index (χ4v) is 5.38. The van der Waals surface area contributed by atoms with E-state index in [9.17, 15) is 0 Å². The van der Waals surface area contributed by atoms with Gasteiger partial charge in [0.25, 0.3) is 0 Å². The Balaban J connectivity index is 1.63. The molecule has 4 bridgehead atoms. The maximum Gasteiger partial charge on any atom is 0.00725 e. The topological polar surface area (TPSA) is 26.0 Å². The molecule has 4 fully saturated rings. The van der Waals surface area contributed by atoms with Crippen LogP contribution in [0.1, 0.15) is 58.8 Å². The van der Waals surface area contributed by atoms with Crippen molar-refractivity contribution in [1.29, 1.82) is 0 Å². The van der Waals surface area contributed by atoms with E-state index in [-0.39, 0.29) is 0 Å². The highest BCUT2D eigenvalue weighted by Gasteiger charge is 2.49. The second kappa shape index (κ2) is 4.57. The Labute approximate surface area is 107 Å². The summed E-state index contributed by atoms with van der Waals surface area (Å²) in [7, 11) is 0. The van der Waals surface area contributed by atoms with Crippen LogP contribution in [-0.2, 0) is 0 Å². The minimum atomic E-state index is 0.507. The molecule has 1 nitrogen and oxygen atoms in total. The zero-order valence-corrected chi connectivity index (χ0v) is 11.6. The van der Waals surface area contributed by atoms with E-state index in [2.05, 4.69) is 13.8 Å². The zero-order chi connectivity index (χ0) is 12.0. The Hall–Kier alpha value is -0.0400. The third-order valence-corrected chi connectivity index (χ3v) is 5.87. The lowest BCUT2D eigenvalue weighted by Crippen LogP contribution is -2.51. The SMILES string of the molecule is CC(C)CCC(N)C1C2CC3CC(C2)CC1C3. The first-order valence-corrected chi connectivity index (χ1v) is 7.89. The van der Waals surface area contributed by atoms with Crippen LogP contribution < -0.4 is 5.73 Å². The monoisotopic (exact) mass is 235 g/mol. The molecule has 0 aromatic carbocycles. The van der Waals surface area contributed by atoms with Gasteiger partial charge in [-0.1, -0.05) is 13.8 Å². The smallest absolute Gasteiger partial charge is 0.00725 e. The van der Waals surface area contributed by atoms with Gasteiger partial charge in [-0.2, -0.15) is 0 Å². The molecule has 17 heavy (non-hydrogen) atoms. The van der Waals surface area contributed by atoms with Gasteiger partial charge >= 0.3 is 0 Å². The van der Waals surface area contributed by atoms with Gasteiger partial charge in [-0.05, 0) is 80.5 Å². The van der Waals surface area contributed by atoms with Crippen LogP contribution >= 0.6 is 0 Å². The number of nitrogens with two attached hydrogens (primary N) is 1. The molecular formula is C16H29N. The molecular weight excluding hydrogens is 206 g/mol. The van der Waals surface area contributed by atoms with Crippen LogP contribution in [-0.4, -0.2) is 6.04 Å². The first-order chi connectivity index (χ1) is 8.13. The molecule has 1 heteroatoms. The van der Waals surface area contributed by atoms with Gasteiger partial charge in [0.2, 0.25) is 0 Å². The highest BCUT2D eigenvalue weighted by atomic mass is 14.7. The molecule has 1 unspecified atom stereocenters. The van der Waals surface area contributed by atoms with Crippen LogP contribution in [0.2, 0.25) is 0 Å². The fraction of sp³-hybridized carbons (Fsp3) is 1.00. The molecule has 0 heterocycles. The maximum absolute atomic E-state index is 6.55. The van der Waals surface area contributed by atoms with Crippen molar-refractivity contribution < 1.29 is 0 Å². The summed E-state index contributed by atoms with van der Waals surface area (Å²) in [5.74, 6) is 5.90. The molecule has 1 atom stereocenters. The van der Waals surface area contributed by atoms with E-state index in [1.54, 1.807) is 6.42 Å². The van der Waals surface area contributed by atoms with Gasteiger partial charge in [0, 0.05) is 6.04 Å². The lowest BCUT2D eigenvalue weighted by Gasteiger charge is -2.56. The summed E-state index contributed by atoms with van der Waals surface area (Å²) < 4.78 is 0. The average molecular weight is 235 g/mol. The van der Waals surface area contributed by atoms with E-state index in [1.807, 2.05) is 0 Å². The van der Waals surface area contributed by atoms with Crippen LogP contribution in [0.5, 0.6) is 0 Å². The lowest BCUT2D eigenvalue weighted by atomic mass is 9.50. The van der Waals surface area contributed by atoms with Gasteiger partial charge in [-0.25, -0.2) is 0 Å². The Morgan fingerprint density at radius 1 is 0.882 bits per heavy atom. The Morgan fingerprint density at radius 2 is 1.41 bits per heavy atom. The first-order valence-electron chi connectivity index (χ1n) is 7.89. The second-order valence-electron chi connectivity index (χ2n) is 7.64. The average Bonchev–Trinajstić information content (AvgIpc) is 2.24. The molecule has 4 aliphatic rings. The molecule has 0 aliphatic heterocycles. The molecule has 0 radical (unpaired) electrons. The minimum absolute atomic E-state index is 0.507. The lowest BCUT2D eigenvalue weighted by molar-refractivity contribution is -0.0480. The van der Waals surface area contributed by atoms with Crippen LogP contribution in [0.4, 0.5) is 0 Å². The number of hydrogen-bond acceptors (Lipinski definition) is 1. The first kappa shape index (κ1) is 12.0. The van der Waals surface area contributed by atoms with E-state index in [1.165, 1.54) is 38.5 Å². The van der Waals surface area contributed by atoms with Crippen LogP contribution in [0.3, 0.4) is 0 Å². The Morgan fingerprint density at radius 3 is 1.88 bits per heavy atom. The highest BCUT2D eigenvalue weighted by molar-refractivity contribution is 5.00. The Kier molecular flexibility index (Phi) is 3.23. The summed E-state index contributed by atoms with van der Waals surface area (Å²) in [5.41, 5.74) is 6.55. The van der Waals surface area contributed by atoms with Gasteiger partial charge in [0.05, 0.1) is 0 Å². The van der Waals surface area contributed by atoms with Crippen molar-refractivity contribution in [1.82, 2.24) is 0 Å². The molecule has 4 aliphatic carbocycles. The van der Waals surface area contributed by atoms with E-state index < -0.39 is 0 Å². The van der Waals surface area contributed by atoms with Crippen LogP contribution in [0.25, 0.3) is 0 Å². The van der Waals surface area contributed by atoms with E-state index >= 15 is 0 Å². The quantitative estimate of drug-likeness (QED) is 0.787. The van der Waals surface area contributed by atoms with Crippen molar-refractivity contribution >= 4 is 0 Å². The molecule has 0 aromatic rings. The summed E-state index contributed by atoms with van der Waals surface area (Å²) in [4.78, 5) is 0. The van der Waals surface area contributed by atoms with E-state index in [4.69, 9.17) is 5.73 Å². The van der Waals surface area contributed by atoms with Gasteiger partial charge in [0.1, 0.15) is 0 Å². The maximum atomic E-state index is 6.55. The van der Waals surface area contributed by atoms with Crippen molar-refractivity contribution in [3.8, 4) is 0 Å². The van der Waals surface area contributed by atoms with Crippen molar-refractivity contribution in [2.75, 3.05) is 0 Å². The normalized spacial score (nSPS) is 45.5. The summed E-state index contributed by atoms with van der Waals surface area (Å²) in [6.45, 7) is 4.65. The predicted octanol–water partition coefficient (Wildman–Crippen LogP) is 3.82. The van der Waals surface area contributed by atoms with Gasteiger partial charge in [-0.3, -0.25) is 0 Å². The van der Waals surface area contributed by atoms with Gasteiger partial charge in [-0.15, -0.1) is 0 Å². The summed E-state index contributed by atoms with van der Waals surface area (Å²) in [5, 5.41) is 0. The van der Waals surface area contributed by atoms with Crippen molar-refractivity contribution in [2.24, 2.45) is 41.2 Å². The van der Waals surface area contributed by atoms with Crippen LogP contribution in [0, 0.1) is 35.5 Å². The molecule has 0 amide bonds. The molecule has 0 saturated heterocycles. The van der Waals surface area contributed by atoms with Gasteiger partial charge < -0.3 is 5.73 Å². The van der Waals surface area contributed by atoms with Crippen molar-refractivity contribution in [3.63, 3.8) is 0 Å². The second-order valence-corrected chi connectivity index (χ2v) is 7.64. The number of rotatable bonds is 4. The van der Waals surface area contributed by atoms with Crippen LogP contribution in [0.15, 0.2) is 0 Å². The molecule has 2 N–H and O–H groups in total. The molecule has 4 rings (SSSR count). The highest BCUT2D eigenvalue weighted by Crippen LogP contribution is 2.57. The van der Waals surface area contributed by atoms with E-state index in [0.717, 1.165) is 35.5 Å². The molecule has 98 valence electrons. The molecule has 0 spiro atoms. The fourth-order valence-electron chi connectivity index (χ4n) is 5.38. The third kappa shape index (κ3) is 2.28. The minimum Gasteiger partial charge on any atom is -0.327 e. The molecule has 4 saturated carbocycles.